The second kappa shape index (κ2) is 10.9. The van der Waals surface area contributed by atoms with E-state index in [4.69, 9.17) is 16.3 Å². The van der Waals surface area contributed by atoms with Crippen LogP contribution in [-0.2, 0) is 13.0 Å². The number of hydrogen-bond donors (Lipinski definition) is 2. The first-order chi connectivity index (χ1) is 13.7. The van der Waals surface area contributed by atoms with Crippen molar-refractivity contribution in [2.75, 3.05) is 13.6 Å². The molecule has 2 aromatic heterocycles. The number of ether oxygens (including phenoxy) is 1. The van der Waals surface area contributed by atoms with Crippen LogP contribution in [0.4, 0.5) is 0 Å². The summed E-state index contributed by atoms with van der Waals surface area (Å²) in [6.07, 6.45) is 10.8. The van der Waals surface area contributed by atoms with Gasteiger partial charge in [0.05, 0.1) is 0 Å². The fraction of sp³-hybridized carbons (Fsp3) is 0.476. The van der Waals surface area contributed by atoms with Gasteiger partial charge < -0.3 is 15.4 Å². The predicted octanol–water partition coefficient (Wildman–Crippen LogP) is 3.75. The van der Waals surface area contributed by atoms with Crippen LogP contribution in [-0.4, -0.2) is 35.6 Å². The third-order valence-corrected chi connectivity index (χ3v) is 5.04. The summed E-state index contributed by atoms with van der Waals surface area (Å²) in [5.74, 6) is 1.47. The minimum atomic E-state index is 0.307. The maximum absolute atomic E-state index is 6.05. The number of halogens is 1. The van der Waals surface area contributed by atoms with E-state index in [0.29, 0.717) is 23.7 Å². The second-order valence-corrected chi connectivity index (χ2v) is 7.36. The summed E-state index contributed by atoms with van der Waals surface area (Å²) in [6, 6.07) is 7.79. The lowest BCUT2D eigenvalue weighted by molar-refractivity contribution is 0.148. The first-order valence-electron chi connectivity index (χ1n) is 9.89. The molecule has 0 aromatic carbocycles. The zero-order valence-electron chi connectivity index (χ0n) is 16.3. The molecule has 1 aliphatic carbocycles. The Balaban J connectivity index is 1.43. The van der Waals surface area contributed by atoms with E-state index in [1.54, 1.807) is 25.5 Å². The molecule has 2 heterocycles. The zero-order valence-corrected chi connectivity index (χ0v) is 17.1. The first kappa shape index (κ1) is 20.4. The Labute approximate surface area is 171 Å². The van der Waals surface area contributed by atoms with Crippen LogP contribution in [0.3, 0.4) is 0 Å². The molecular formula is C21H28ClN5O. The van der Waals surface area contributed by atoms with Gasteiger partial charge >= 0.3 is 0 Å². The van der Waals surface area contributed by atoms with Gasteiger partial charge in [-0.1, -0.05) is 24.1 Å². The summed E-state index contributed by atoms with van der Waals surface area (Å²) >= 11 is 5.81. The average Bonchev–Trinajstić information content (AvgIpc) is 2.73. The number of aliphatic imine (C=N–C) groups is 1. The molecule has 7 heteroatoms. The summed E-state index contributed by atoms with van der Waals surface area (Å²) < 4.78 is 6.05. The summed E-state index contributed by atoms with van der Waals surface area (Å²) in [5, 5.41) is 7.16. The van der Waals surface area contributed by atoms with Gasteiger partial charge in [0.1, 0.15) is 11.3 Å². The predicted molar refractivity (Wildman–Crippen MR) is 113 cm³/mol. The van der Waals surface area contributed by atoms with E-state index in [9.17, 15) is 0 Å². The molecule has 0 spiro atoms. The van der Waals surface area contributed by atoms with Crippen molar-refractivity contribution in [2.24, 2.45) is 4.99 Å². The Morgan fingerprint density at radius 1 is 1.14 bits per heavy atom. The van der Waals surface area contributed by atoms with Crippen LogP contribution >= 0.6 is 11.6 Å². The highest BCUT2D eigenvalue weighted by Gasteiger charge is 2.15. The highest BCUT2D eigenvalue weighted by Crippen LogP contribution is 2.22. The van der Waals surface area contributed by atoms with Crippen LogP contribution < -0.4 is 15.4 Å². The molecule has 1 fully saturated rings. The van der Waals surface area contributed by atoms with Gasteiger partial charge in [0.15, 0.2) is 5.96 Å². The minimum Gasteiger partial charge on any atom is -0.474 e. The van der Waals surface area contributed by atoms with Gasteiger partial charge in [-0.2, -0.15) is 0 Å². The van der Waals surface area contributed by atoms with Crippen molar-refractivity contribution in [3.8, 4) is 5.88 Å². The topological polar surface area (TPSA) is 71.4 Å². The standard InChI is InChI=1S/C21H28ClN5O/c1-23-21(25-12-9-16-7-8-19(22)26-14-16)27-15-17-10-11-24-20(13-17)28-18-5-3-2-4-6-18/h7-8,10-11,13-14,18H,2-6,9,12,15H2,1H3,(H2,23,25,27). The molecule has 0 aliphatic heterocycles. The number of pyridine rings is 2. The maximum Gasteiger partial charge on any atom is 0.213 e. The number of rotatable bonds is 7. The molecule has 0 atom stereocenters. The van der Waals surface area contributed by atoms with E-state index < -0.39 is 0 Å². The quantitative estimate of drug-likeness (QED) is 0.420. The number of nitrogens with one attached hydrogen (secondary N) is 2. The normalized spacial score (nSPS) is 15.3. The Kier molecular flexibility index (Phi) is 7.91. The van der Waals surface area contributed by atoms with Gasteiger partial charge in [-0.15, -0.1) is 0 Å². The first-order valence-corrected chi connectivity index (χ1v) is 10.3. The van der Waals surface area contributed by atoms with E-state index >= 15 is 0 Å². The van der Waals surface area contributed by atoms with Crippen LogP contribution in [0.1, 0.15) is 43.2 Å². The molecule has 0 bridgehead atoms. The fourth-order valence-corrected chi connectivity index (χ4v) is 3.38. The second-order valence-electron chi connectivity index (χ2n) is 6.97. The molecule has 3 rings (SSSR count). The summed E-state index contributed by atoms with van der Waals surface area (Å²) in [5.41, 5.74) is 2.25. The minimum absolute atomic E-state index is 0.307. The van der Waals surface area contributed by atoms with E-state index in [1.807, 2.05) is 18.2 Å². The molecule has 1 aliphatic rings. The molecule has 0 unspecified atom stereocenters. The summed E-state index contributed by atoms with van der Waals surface area (Å²) in [7, 11) is 1.77. The van der Waals surface area contributed by atoms with Gasteiger partial charge in [0, 0.05) is 38.6 Å². The number of hydrogen-bond acceptors (Lipinski definition) is 4. The van der Waals surface area contributed by atoms with Crippen molar-refractivity contribution in [3.63, 3.8) is 0 Å². The summed E-state index contributed by atoms with van der Waals surface area (Å²) in [6.45, 7) is 1.42. The van der Waals surface area contributed by atoms with Gasteiger partial charge in [-0.05, 0) is 55.4 Å². The highest BCUT2D eigenvalue weighted by molar-refractivity contribution is 6.29. The molecule has 1 saturated carbocycles. The lowest BCUT2D eigenvalue weighted by Gasteiger charge is -2.22. The van der Waals surface area contributed by atoms with Crippen LogP contribution in [0.2, 0.25) is 5.15 Å². The Bertz CT molecular complexity index is 760. The van der Waals surface area contributed by atoms with Crippen molar-refractivity contribution in [2.45, 2.75) is 51.2 Å². The lowest BCUT2D eigenvalue weighted by atomic mass is 9.98. The van der Waals surface area contributed by atoms with Crippen molar-refractivity contribution < 1.29 is 4.74 Å². The SMILES string of the molecule is CN=C(NCCc1ccc(Cl)nc1)NCc1ccnc(OC2CCCCC2)c1. The Morgan fingerprint density at radius 2 is 2.00 bits per heavy atom. The molecule has 0 amide bonds. The van der Waals surface area contributed by atoms with Gasteiger partial charge in [-0.25, -0.2) is 9.97 Å². The molecule has 150 valence electrons. The van der Waals surface area contributed by atoms with Crippen LogP contribution in [0, 0.1) is 0 Å². The maximum atomic E-state index is 6.05. The fourth-order valence-electron chi connectivity index (χ4n) is 3.26. The highest BCUT2D eigenvalue weighted by atomic mass is 35.5. The third kappa shape index (κ3) is 6.68. The molecular weight excluding hydrogens is 374 g/mol. The van der Waals surface area contributed by atoms with Crippen molar-refractivity contribution >= 4 is 17.6 Å². The summed E-state index contributed by atoms with van der Waals surface area (Å²) in [4.78, 5) is 12.7. The van der Waals surface area contributed by atoms with Gasteiger partial charge in [0.2, 0.25) is 5.88 Å². The Morgan fingerprint density at radius 3 is 2.75 bits per heavy atom. The van der Waals surface area contributed by atoms with Gasteiger partial charge in [-0.3, -0.25) is 4.99 Å². The monoisotopic (exact) mass is 401 g/mol. The number of aromatic nitrogens is 2. The van der Waals surface area contributed by atoms with Crippen molar-refractivity contribution in [1.29, 1.82) is 0 Å². The molecule has 2 N–H and O–H groups in total. The zero-order chi connectivity index (χ0) is 19.6. The number of nitrogens with zero attached hydrogens (tertiary/aromatic N) is 3. The molecule has 0 radical (unpaired) electrons. The average molecular weight is 402 g/mol. The van der Waals surface area contributed by atoms with E-state index in [-0.39, 0.29) is 0 Å². The van der Waals surface area contributed by atoms with Crippen LogP contribution in [0.15, 0.2) is 41.7 Å². The smallest absolute Gasteiger partial charge is 0.213 e. The van der Waals surface area contributed by atoms with Crippen LogP contribution in [0.5, 0.6) is 5.88 Å². The molecule has 6 nitrogen and oxygen atoms in total. The van der Waals surface area contributed by atoms with Crippen LogP contribution in [0.25, 0.3) is 0 Å². The molecule has 28 heavy (non-hydrogen) atoms. The molecule has 0 saturated heterocycles. The van der Waals surface area contributed by atoms with Gasteiger partial charge in [0.25, 0.3) is 0 Å². The molecule has 2 aromatic rings. The van der Waals surface area contributed by atoms with Crippen molar-refractivity contribution in [3.05, 3.63) is 52.9 Å². The lowest BCUT2D eigenvalue weighted by Crippen LogP contribution is -2.37. The largest absolute Gasteiger partial charge is 0.474 e. The Hall–Kier alpha value is -2.34. The van der Waals surface area contributed by atoms with E-state index in [2.05, 4.69) is 25.6 Å². The third-order valence-electron chi connectivity index (χ3n) is 4.82. The van der Waals surface area contributed by atoms with E-state index in [1.165, 1.54) is 19.3 Å². The van der Waals surface area contributed by atoms with Crippen molar-refractivity contribution in [1.82, 2.24) is 20.6 Å². The number of guanidine groups is 1. The van der Waals surface area contributed by atoms with E-state index in [0.717, 1.165) is 42.9 Å².